The molecule has 102 valence electrons. The van der Waals surface area contributed by atoms with E-state index in [4.69, 9.17) is 16.3 Å². The summed E-state index contributed by atoms with van der Waals surface area (Å²) in [6.45, 7) is 6.25. The highest BCUT2D eigenvalue weighted by atomic mass is 35.5. The number of ether oxygens (including phenoxy) is 1. The van der Waals surface area contributed by atoms with E-state index in [2.05, 4.69) is 20.3 Å². The molecular formula is C11H19ClN4O2. The minimum absolute atomic E-state index is 0.00668. The summed E-state index contributed by atoms with van der Waals surface area (Å²) in [6, 6.07) is 0.180. The van der Waals surface area contributed by atoms with Crippen molar-refractivity contribution in [2.75, 3.05) is 18.5 Å². The van der Waals surface area contributed by atoms with Crippen molar-refractivity contribution < 1.29 is 9.84 Å². The molecule has 0 spiro atoms. The highest BCUT2D eigenvalue weighted by molar-refractivity contribution is 6.28. The topological polar surface area (TPSA) is 80.2 Å². The number of aliphatic hydroxyl groups is 1. The Labute approximate surface area is 112 Å². The monoisotopic (exact) mass is 274 g/mol. The SMILES string of the molecule is CCOc1nc(Cl)nc(NC(CC)(CC)CO)n1. The van der Waals surface area contributed by atoms with Crippen molar-refractivity contribution >= 4 is 17.5 Å². The predicted molar refractivity (Wildman–Crippen MR) is 70.0 cm³/mol. The molecule has 1 aromatic rings. The molecule has 6 nitrogen and oxygen atoms in total. The fourth-order valence-electron chi connectivity index (χ4n) is 1.51. The molecule has 0 radical (unpaired) electrons. The number of halogens is 1. The number of hydrogen-bond donors (Lipinski definition) is 2. The summed E-state index contributed by atoms with van der Waals surface area (Å²) in [6.07, 6.45) is 1.49. The first-order valence-electron chi connectivity index (χ1n) is 6.02. The quantitative estimate of drug-likeness (QED) is 0.790. The van der Waals surface area contributed by atoms with Gasteiger partial charge < -0.3 is 15.2 Å². The molecule has 0 amide bonds. The fraction of sp³-hybridized carbons (Fsp3) is 0.727. The van der Waals surface area contributed by atoms with E-state index in [-0.39, 0.29) is 17.9 Å². The lowest BCUT2D eigenvalue weighted by Gasteiger charge is -2.30. The number of anilines is 1. The van der Waals surface area contributed by atoms with Crippen LogP contribution in [0.3, 0.4) is 0 Å². The summed E-state index contributed by atoms with van der Waals surface area (Å²) >= 11 is 5.80. The average Bonchev–Trinajstić information content (AvgIpc) is 2.36. The fourth-order valence-corrected chi connectivity index (χ4v) is 1.66. The van der Waals surface area contributed by atoms with Crippen LogP contribution in [0.5, 0.6) is 6.01 Å². The summed E-state index contributed by atoms with van der Waals surface area (Å²) in [4.78, 5) is 11.9. The largest absolute Gasteiger partial charge is 0.464 e. The van der Waals surface area contributed by atoms with Gasteiger partial charge in [-0.15, -0.1) is 0 Å². The molecule has 0 aliphatic carbocycles. The van der Waals surface area contributed by atoms with Crippen molar-refractivity contribution in [1.29, 1.82) is 0 Å². The normalized spacial score (nSPS) is 11.4. The van der Waals surface area contributed by atoms with Gasteiger partial charge >= 0.3 is 6.01 Å². The van der Waals surface area contributed by atoms with Gasteiger partial charge in [0.2, 0.25) is 11.2 Å². The van der Waals surface area contributed by atoms with Gasteiger partial charge in [0.1, 0.15) is 0 Å². The van der Waals surface area contributed by atoms with Crippen LogP contribution >= 0.6 is 11.6 Å². The van der Waals surface area contributed by atoms with Crippen LogP contribution in [-0.2, 0) is 0 Å². The van der Waals surface area contributed by atoms with Crippen molar-refractivity contribution in [3.05, 3.63) is 5.28 Å². The average molecular weight is 275 g/mol. The molecular weight excluding hydrogens is 256 g/mol. The van der Waals surface area contributed by atoms with Crippen molar-refractivity contribution in [3.8, 4) is 6.01 Å². The Morgan fingerprint density at radius 1 is 1.22 bits per heavy atom. The Morgan fingerprint density at radius 3 is 2.39 bits per heavy atom. The van der Waals surface area contributed by atoms with E-state index in [9.17, 15) is 5.11 Å². The van der Waals surface area contributed by atoms with Crippen LogP contribution in [0.15, 0.2) is 0 Å². The van der Waals surface area contributed by atoms with Crippen molar-refractivity contribution in [2.24, 2.45) is 0 Å². The van der Waals surface area contributed by atoms with Crippen LogP contribution in [0.25, 0.3) is 0 Å². The summed E-state index contributed by atoms with van der Waals surface area (Å²) in [5, 5.41) is 12.7. The smallest absolute Gasteiger partial charge is 0.322 e. The van der Waals surface area contributed by atoms with Crippen LogP contribution in [0.4, 0.5) is 5.95 Å². The van der Waals surface area contributed by atoms with Gasteiger partial charge in [-0.1, -0.05) is 13.8 Å². The first kappa shape index (κ1) is 14.9. The third-order valence-electron chi connectivity index (χ3n) is 2.89. The van der Waals surface area contributed by atoms with Gasteiger partial charge in [-0.05, 0) is 31.4 Å². The van der Waals surface area contributed by atoms with Crippen LogP contribution in [-0.4, -0.2) is 38.8 Å². The molecule has 0 aliphatic rings. The summed E-state index contributed by atoms with van der Waals surface area (Å²) < 4.78 is 5.19. The maximum atomic E-state index is 9.48. The maximum absolute atomic E-state index is 9.48. The number of nitrogens with one attached hydrogen (secondary N) is 1. The molecule has 0 aromatic carbocycles. The Morgan fingerprint density at radius 2 is 1.89 bits per heavy atom. The Kier molecular flexibility index (Phi) is 5.55. The first-order chi connectivity index (χ1) is 8.59. The Balaban J connectivity index is 2.95. The zero-order chi connectivity index (χ0) is 13.6. The lowest BCUT2D eigenvalue weighted by molar-refractivity contribution is 0.201. The zero-order valence-electron chi connectivity index (χ0n) is 10.9. The lowest BCUT2D eigenvalue weighted by atomic mass is 9.94. The summed E-state index contributed by atoms with van der Waals surface area (Å²) in [7, 11) is 0. The minimum atomic E-state index is -0.450. The van der Waals surface area contributed by atoms with Gasteiger partial charge in [-0.25, -0.2) is 0 Å². The van der Waals surface area contributed by atoms with Gasteiger partial charge in [-0.3, -0.25) is 0 Å². The van der Waals surface area contributed by atoms with Gasteiger partial charge in [-0.2, -0.15) is 15.0 Å². The molecule has 18 heavy (non-hydrogen) atoms. The van der Waals surface area contributed by atoms with E-state index in [1.165, 1.54) is 0 Å². The summed E-state index contributed by atoms with van der Waals surface area (Å²) in [5.74, 6) is 0.316. The Hall–Kier alpha value is -1.14. The van der Waals surface area contributed by atoms with Gasteiger partial charge in [0.25, 0.3) is 0 Å². The molecule has 1 rings (SSSR count). The van der Waals surface area contributed by atoms with E-state index < -0.39 is 5.54 Å². The molecule has 7 heteroatoms. The maximum Gasteiger partial charge on any atom is 0.322 e. The standard InChI is InChI=1S/C11H19ClN4O2/c1-4-11(5-2,7-17)16-9-13-8(12)14-10(15-9)18-6-3/h17H,4-7H2,1-3H3,(H,13,14,15,16). The van der Waals surface area contributed by atoms with E-state index in [1.807, 2.05) is 20.8 Å². The van der Waals surface area contributed by atoms with Gasteiger partial charge in [0.15, 0.2) is 0 Å². The van der Waals surface area contributed by atoms with Crippen LogP contribution in [0.2, 0.25) is 5.28 Å². The van der Waals surface area contributed by atoms with E-state index in [0.29, 0.717) is 12.6 Å². The number of aliphatic hydroxyl groups excluding tert-OH is 1. The molecule has 0 saturated heterocycles. The number of nitrogens with zero attached hydrogens (tertiary/aromatic N) is 3. The van der Waals surface area contributed by atoms with Crippen LogP contribution in [0, 0.1) is 0 Å². The van der Waals surface area contributed by atoms with Crippen molar-refractivity contribution in [1.82, 2.24) is 15.0 Å². The first-order valence-corrected chi connectivity index (χ1v) is 6.40. The third kappa shape index (κ3) is 3.68. The van der Waals surface area contributed by atoms with Gasteiger partial charge in [0, 0.05) is 0 Å². The van der Waals surface area contributed by atoms with Crippen LogP contribution < -0.4 is 10.1 Å². The second-order valence-electron chi connectivity index (χ2n) is 3.91. The molecule has 1 aromatic heterocycles. The number of rotatable bonds is 7. The molecule has 2 N–H and O–H groups in total. The Bertz CT molecular complexity index is 377. The van der Waals surface area contributed by atoms with E-state index in [1.54, 1.807) is 0 Å². The zero-order valence-corrected chi connectivity index (χ0v) is 11.7. The van der Waals surface area contributed by atoms with Crippen molar-refractivity contribution in [3.63, 3.8) is 0 Å². The molecule has 0 bridgehead atoms. The molecule has 0 unspecified atom stereocenters. The highest BCUT2D eigenvalue weighted by Crippen LogP contribution is 2.21. The van der Waals surface area contributed by atoms with E-state index in [0.717, 1.165) is 12.8 Å². The molecule has 1 heterocycles. The molecule has 0 aliphatic heterocycles. The van der Waals surface area contributed by atoms with Crippen LogP contribution in [0.1, 0.15) is 33.6 Å². The second kappa shape index (κ2) is 6.70. The minimum Gasteiger partial charge on any atom is -0.464 e. The number of aromatic nitrogens is 3. The third-order valence-corrected chi connectivity index (χ3v) is 3.06. The molecule has 0 saturated carbocycles. The predicted octanol–water partition coefficient (Wildman–Crippen LogP) is 1.89. The van der Waals surface area contributed by atoms with E-state index >= 15 is 0 Å². The lowest BCUT2D eigenvalue weighted by Crippen LogP contribution is -2.41. The second-order valence-corrected chi connectivity index (χ2v) is 4.25. The highest BCUT2D eigenvalue weighted by Gasteiger charge is 2.26. The molecule has 0 fully saturated rings. The summed E-state index contributed by atoms with van der Waals surface area (Å²) in [5.41, 5.74) is -0.450. The van der Waals surface area contributed by atoms with Crippen molar-refractivity contribution in [2.45, 2.75) is 39.2 Å². The van der Waals surface area contributed by atoms with Gasteiger partial charge in [0.05, 0.1) is 18.8 Å². The number of hydrogen-bond acceptors (Lipinski definition) is 6. The molecule has 0 atom stereocenters.